The summed E-state index contributed by atoms with van der Waals surface area (Å²) in [6.45, 7) is 3.06. The first-order valence-corrected chi connectivity index (χ1v) is 8.17. The Labute approximate surface area is 133 Å². The summed E-state index contributed by atoms with van der Waals surface area (Å²) in [7, 11) is -3.87. The molecule has 2 aromatic rings. The quantitative estimate of drug-likeness (QED) is 0.819. The molecule has 0 aliphatic heterocycles. The lowest BCUT2D eigenvalue weighted by atomic mass is 10.1. The van der Waals surface area contributed by atoms with Gasteiger partial charge in [0.15, 0.2) is 5.78 Å². The summed E-state index contributed by atoms with van der Waals surface area (Å²) in [4.78, 5) is 22.2. The SMILES string of the molecule is CC(=O)c1ccc(S(=O)(=O)Nc2cc(C(=O)O)ccc2C)cc1. The average Bonchev–Trinajstić information content (AvgIpc) is 2.49. The van der Waals surface area contributed by atoms with E-state index in [2.05, 4.69) is 4.72 Å². The molecular weight excluding hydrogens is 318 g/mol. The molecule has 2 N–H and O–H groups in total. The zero-order chi connectivity index (χ0) is 17.2. The number of benzene rings is 2. The molecule has 0 atom stereocenters. The molecule has 0 spiro atoms. The van der Waals surface area contributed by atoms with E-state index in [9.17, 15) is 18.0 Å². The van der Waals surface area contributed by atoms with E-state index in [4.69, 9.17) is 5.11 Å². The molecule has 0 unspecified atom stereocenters. The van der Waals surface area contributed by atoms with Gasteiger partial charge in [0.1, 0.15) is 0 Å². The molecule has 0 aromatic heterocycles. The zero-order valence-electron chi connectivity index (χ0n) is 12.5. The normalized spacial score (nSPS) is 11.0. The highest BCUT2D eigenvalue weighted by Crippen LogP contribution is 2.21. The molecule has 2 rings (SSSR count). The van der Waals surface area contributed by atoms with Crippen LogP contribution in [-0.4, -0.2) is 25.3 Å². The van der Waals surface area contributed by atoms with Crippen LogP contribution in [0.15, 0.2) is 47.4 Å². The summed E-state index contributed by atoms with van der Waals surface area (Å²) in [5.41, 5.74) is 1.19. The van der Waals surface area contributed by atoms with Crippen molar-refractivity contribution < 1.29 is 23.1 Å². The third kappa shape index (κ3) is 3.75. The van der Waals surface area contributed by atoms with Crippen LogP contribution < -0.4 is 4.72 Å². The number of aryl methyl sites for hydroxylation is 1. The predicted molar refractivity (Wildman–Crippen MR) is 85.4 cm³/mol. The van der Waals surface area contributed by atoms with E-state index in [1.165, 1.54) is 49.4 Å². The smallest absolute Gasteiger partial charge is 0.335 e. The summed E-state index contributed by atoms with van der Waals surface area (Å²) in [6.07, 6.45) is 0. The maximum Gasteiger partial charge on any atom is 0.335 e. The lowest BCUT2D eigenvalue weighted by molar-refractivity contribution is 0.0696. The lowest BCUT2D eigenvalue weighted by Gasteiger charge is -2.11. The number of sulfonamides is 1. The third-order valence-electron chi connectivity index (χ3n) is 3.30. The van der Waals surface area contributed by atoms with Gasteiger partial charge < -0.3 is 5.11 Å². The first-order valence-electron chi connectivity index (χ1n) is 6.68. The summed E-state index contributed by atoms with van der Waals surface area (Å²) in [6, 6.07) is 9.70. The summed E-state index contributed by atoms with van der Waals surface area (Å²) >= 11 is 0. The minimum Gasteiger partial charge on any atom is -0.478 e. The standard InChI is InChI=1S/C16H15NO5S/c1-10-3-4-13(16(19)20)9-15(10)17-23(21,22)14-7-5-12(6-8-14)11(2)18/h3-9,17H,1-2H3,(H,19,20). The second-order valence-corrected chi connectivity index (χ2v) is 6.70. The number of ketones is 1. The molecular formula is C16H15NO5S. The van der Waals surface area contributed by atoms with Crippen LogP contribution in [0.1, 0.15) is 33.2 Å². The van der Waals surface area contributed by atoms with Crippen LogP contribution in [0.25, 0.3) is 0 Å². The van der Waals surface area contributed by atoms with E-state index in [0.717, 1.165) is 0 Å². The highest BCUT2D eigenvalue weighted by atomic mass is 32.2. The van der Waals surface area contributed by atoms with Gasteiger partial charge in [0.25, 0.3) is 10.0 Å². The molecule has 0 saturated heterocycles. The minimum atomic E-state index is -3.87. The Kier molecular flexibility index (Phi) is 4.51. The van der Waals surface area contributed by atoms with Crippen molar-refractivity contribution in [3.05, 3.63) is 59.2 Å². The van der Waals surface area contributed by atoms with Crippen LogP contribution in [0.5, 0.6) is 0 Å². The topological polar surface area (TPSA) is 101 Å². The van der Waals surface area contributed by atoms with Crippen molar-refractivity contribution in [3.63, 3.8) is 0 Å². The number of Topliss-reactive ketones (excluding diaryl/α,β-unsaturated/α-hetero) is 1. The molecule has 0 aliphatic rings. The molecule has 0 heterocycles. The van der Waals surface area contributed by atoms with Crippen LogP contribution in [0.2, 0.25) is 0 Å². The van der Waals surface area contributed by atoms with Crippen LogP contribution in [0.3, 0.4) is 0 Å². The second-order valence-electron chi connectivity index (χ2n) is 5.02. The number of anilines is 1. The number of hydrogen-bond acceptors (Lipinski definition) is 4. The van der Waals surface area contributed by atoms with E-state index < -0.39 is 16.0 Å². The molecule has 7 heteroatoms. The third-order valence-corrected chi connectivity index (χ3v) is 4.68. The number of rotatable bonds is 5. The first kappa shape index (κ1) is 16.7. The molecule has 120 valence electrons. The number of carboxylic acids is 1. The Bertz CT molecular complexity index is 870. The van der Waals surface area contributed by atoms with Gasteiger partial charge in [-0.1, -0.05) is 18.2 Å². The van der Waals surface area contributed by atoms with Crippen molar-refractivity contribution in [1.29, 1.82) is 0 Å². The monoisotopic (exact) mass is 333 g/mol. The fourth-order valence-corrected chi connectivity index (χ4v) is 3.06. The lowest BCUT2D eigenvalue weighted by Crippen LogP contribution is -2.14. The van der Waals surface area contributed by atoms with E-state index in [1.54, 1.807) is 6.92 Å². The largest absolute Gasteiger partial charge is 0.478 e. The zero-order valence-corrected chi connectivity index (χ0v) is 13.3. The summed E-state index contributed by atoms with van der Waals surface area (Å²) < 4.78 is 27.1. The number of carbonyl (C=O) groups is 2. The van der Waals surface area contributed by atoms with Crippen LogP contribution >= 0.6 is 0 Å². The van der Waals surface area contributed by atoms with Gasteiger partial charge in [-0.15, -0.1) is 0 Å². The minimum absolute atomic E-state index is 0.0115. The van der Waals surface area contributed by atoms with Gasteiger partial charge >= 0.3 is 5.97 Å². The number of carboxylic acid groups (broad SMARTS) is 1. The van der Waals surface area contributed by atoms with Crippen molar-refractivity contribution in [2.45, 2.75) is 18.7 Å². The summed E-state index contributed by atoms with van der Waals surface area (Å²) in [5.74, 6) is -1.30. The highest BCUT2D eigenvalue weighted by Gasteiger charge is 2.17. The fourth-order valence-electron chi connectivity index (χ4n) is 1.94. The maximum atomic E-state index is 12.4. The van der Waals surface area contributed by atoms with Crippen molar-refractivity contribution in [2.75, 3.05) is 4.72 Å². The average molecular weight is 333 g/mol. The molecule has 2 aromatic carbocycles. The Morgan fingerprint density at radius 2 is 1.57 bits per heavy atom. The van der Waals surface area contributed by atoms with Crippen molar-refractivity contribution in [2.24, 2.45) is 0 Å². The summed E-state index contributed by atoms with van der Waals surface area (Å²) in [5, 5.41) is 8.99. The van der Waals surface area contributed by atoms with Gasteiger partial charge in [-0.25, -0.2) is 13.2 Å². The molecule has 0 amide bonds. The number of aromatic carboxylic acids is 1. The van der Waals surface area contributed by atoms with Crippen molar-refractivity contribution in [3.8, 4) is 0 Å². The van der Waals surface area contributed by atoms with E-state index in [0.29, 0.717) is 11.1 Å². The predicted octanol–water partition coefficient (Wildman–Crippen LogP) is 2.70. The van der Waals surface area contributed by atoms with Gasteiger partial charge in [-0.05, 0) is 43.7 Å². The van der Waals surface area contributed by atoms with Gasteiger partial charge in [0, 0.05) is 5.56 Å². The number of nitrogens with one attached hydrogen (secondary N) is 1. The number of carbonyl (C=O) groups excluding carboxylic acids is 1. The Balaban J connectivity index is 2.36. The highest BCUT2D eigenvalue weighted by molar-refractivity contribution is 7.92. The maximum absolute atomic E-state index is 12.4. The molecule has 6 nitrogen and oxygen atoms in total. The van der Waals surface area contributed by atoms with E-state index in [1.807, 2.05) is 0 Å². The van der Waals surface area contributed by atoms with Crippen LogP contribution in [-0.2, 0) is 10.0 Å². The first-order chi connectivity index (χ1) is 10.7. The van der Waals surface area contributed by atoms with Gasteiger partial charge in [0.05, 0.1) is 16.1 Å². The Hall–Kier alpha value is -2.67. The van der Waals surface area contributed by atoms with Crippen LogP contribution in [0, 0.1) is 6.92 Å². The van der Waals surface area contributed by atoms with Gasteiger partial charge in [-0.2, -0.15) is 0 Å². The Morgan fingerprint density at radius 3 is 2.09 bits per heavy atom. The van der Waals surface area contributed by atoms with Gasteiger partial charge in [-0.3, -0.25) is 9.52 Å². The Morgan fingerprint density at radius 1 is 1.00 bits per heavy atom. The molecule has 0 bridgehead atoms. The van der Waals surface area contributed by atoms with Gasteiger partial charge in [0.2, 0.25) is 0 Å². The van der Waals surface area contributed by atoms with Crippen molar-refractivity contribution >= 4 is 27.5 Å². The fraction of sp³-hybridized carbons (Fsp3) is 0.125. The molecule has 0 radical (unpaired) electrons. The van der Waals surface area contributed by atoms with Crippen molar-refractivity contribution in [1.82, 2.24) is 0 Å². The molecule has 0 saturated carbocycles. The van der Waals surface area contributed by atoms with E-state index >= 15 is 0 Å². The number of hydrogen-bond donors (Lipinski definition) is 2. The molecule has 0 fully saturated rings. The van der Waals surface area contributed by atoms with E-state index in [-0.39, 0.29) is 21.9 Å². The second kappa shape index (κ2) is 6.21. The molecule has 23 heavy (non-hydrogen) atoms. The van der Waals surface area contributed by atoms with Crippen LogP contribution in [0.4, 0.5) is 5.69 Å². The molecule has 0 aliphatic carbocycles.